The number of carbonyl (C=O) groups excluding carboxylic acids is 1. The Hall–Kier alpha value is -1.26. The number of rotatable bonds is 5. The van der Waals surface area contributed by atoms with Crippen LogP contribution in [0.1, 0.15) is 38.2 Å². The number of hydrogen-bond donors (Lipinski definition) is 1. The minimum atomic E-state index is -0.0878. The maximum atomic E-state index is 12.7. The molecule has 0 aliphatic carbocycles. The van der Waals surface area contributed by atoms with E-state index >= 15 is 0 Å². The second-order valence-corrected chi connectivity index (χ2v) is 6.18. The van der Waals surface area contributed by atoms with Gasteiger partial charge in [0.15, 0.2) is 0 Å². The van der Waals surface area contributed by atoms with Crippen LogP contribution in [0, 0.1) is 5.92 Å². The Labute approximate surface area is 139 Å². The molecule has 1 aromatic carbocycles. The number of nitrogens with zero attached hydrogens (tertiary/aromatic N) is 1. The lowest BCUT2D eigenvalue weighted by atomic mass is 9.91. The molecule has 2 rings (SSSR count). The first-order valence-electron chi connectivity index (χ1n) is 7.73. The van der Waals surface area contributed by atoms with Gasteiger partial charge in [0.25, 0.3) is 0 Å². The van der Waals surface area contributed by atoms with E-state index in [0.29, 0.717) is 19.1 Å². The third-order valence-electron chi connectivity index (χ3n) is 4.29. The summed E-state index contributed by atoms with van der Waals surface area (Å²) in [6.45, 7) is 5.53. The monoisotopic (exact) mass is 326 g/mol. The average Bonchev–Trinajstić information content (AvgIpc) is 2.50. The SMILES string of the molecule is CC(C)C(N)CCN(C)C(=O)C1CCOc2ccccc21.Cl. The maximum Gasteiger partial charge on any atom is 0.230 e. The summed E-state index contributed by atoms with van der Waals surface area (Å²) < 4.78 is 5.62. The van der Waals surface area contributed by atoms with Gasteiger partial charge in [-0.2, -0.15) is 0 Å². The van der Waals surface area contributed by atoms with Gasteiger partial charge in [-0.1, -0.05) is 32.0 Å². The standard InChI is InChI=1S/C17H26N2O2.ClH/c1-12(2)15(18)8-10-19(3)17(20)14-9-11-21-16-7-5-4-6-13(14)16;/h4-7,12,14-15H,8-11,18H2,1-3H3;1H. The van der Waals surface area contributed by atoms with Crippen molar-refractivity contribution in [1.29, 1.82) is 0 Å². The van der Waals surface area contributed by atoms with Gasteiger partial charge in [-0.25, -0.2) is 0 Å². The molecule has 0 bridgehead atoms. The number of benzene rings is 1. The molecule has 4 nitrogen and oxygen atoms in total. The van der Waals surface area contributed by atoms with Gasteiger partial charge in [0.05, 0.1) is 12.5 Å². The Balaban J connectivity index is 0.00000242. The molecule has 1 aliphatic heterocycles. The highest BCUT2D eigenvalue weighted by atomic mass is 35.5. The zero-order valence-corrected chi connectivity index (χ0v) is 14.4. The van der Waals surface area contributed by atoms with Crippen LogP contribution in [-0.2, 0) is 4.79 Å². The molecule has 5 heteroatoms. The minimum Gasteiger partial charge on any atom is -0.493 e. The van der Waals surface area contributed by atoms with Gasteiger partial charge >= 0.3 is 0 Å². The van der Waals surface area contributed by atoms with Crippen LogP contribution in [0.25, 0.3) is 0 Å². The van der Waals surface area contributed by atoms with Crippen LogP contribution in [0.4, 0.5) is 0 Å². The summed E-state index contributed by atoms with van der Waals surface area (Å²) in [7, 11) is 1.87. The molecular weight excluding hydrogens is 300 g/mol. The van der Waals surface area contributed by atoms with E-state index in [1.807, 2.05) is 36.2 Å². The molecule has 0 aromatic heterocycles. The second kappa shape index (κ2) is 8.39. The molecule has 124 valence electrons. The molecule has 1 amide bonds. The number of nitrogens with two attached hydrogens (primary N) is 1. The highest BCUT2D eigenvalue weighted by Crippen LogP contribution is 2.34. The Morgan fingerprint density at radius 3 is 2.77 bits per heavy atom. The van der Waals surface area contributed by atoms with Crippen LogP contribution in [0.2, 0.25) is 0 Å². The summed E-state index contributed by atoms with van der Waals surface area (Å²) in [6, 6.07) is 7.97. The van der Waals surface area contributed by atoms with Crippen molar-refractivity contribution in [2.45, 2.75) is 38.6 Å². The lowest BCUT2D eigenvalue weighted by Crippen LogP contribution is -2.38. The van der Waals surface area contributed by atoms with Gasteiger partial charge < -0.3 is 15.4 Å². The van der Waals surface area contributed by atoms with Crippen molar-refractivity contribution in [3.63, 3.8) is 0 Å². The zero-order valence-electron chi connectivity index (χ0n) is 13.6. The smallest absolute Gasteiger partial charge is 0.230 e. The topological polar surface area (TPSA) is 55.6 Å². The van der Waals surface area contributed by atoms with Crippen LogP contribution in [-0.4, -0.2) is 37.0 Å². The largest absolute Gasteiger partial charge is 0.493 e. The van der Waals surface area contributed by atoms with Crippen LogP contribution in [0.15, 0.2) is 24.3 Å². The molecule has 0 saturated heterocycles. The fourth-order valence-corrected chi connectivity index (χ4v) is 2.65. The molecule has 0 radical (unpaired) electrons. The van der Waals surface area contributed by atoms with E-state index < -0.39 is 0 Å². The molecule has 2 unspecified atom stereocenters. The van der Waals surface area contributed by atoms with Gasteiger partial charge in [0.1, 0.15) is 5.75 Å². The zero-order chi connectivity index (χ0) is 15.4. The van der Waals surface area contributed by atoms with E-state index in [1.165, 1.54) is 0 Å². The molecule has 22 heavy (non-hydrogen) atoms. The number of amides is 1. The number of halogens is 1. The van der Waals surface area contributed by atoms with Crippen LogP contribution < -0.4 is 10.5 Å². The van der Waals surface area contributed by atoms with Crippen molar-refractivity contribution >= 4 is 18.3 Å². The van der Waals surface area contributed by atoms with Crippen molar-refractivity contribution in [1.82, 2.24) is 4.90 Å². The number of likely N-dealkylation sites (N-methyl/N-ethyl adjacent to an activating group) is 1. The van der Waals surface area contributed by atoms with E-state index in [-0.39, 0.29) is 30.3 Å². The summed E-state index contributed by atoms with van der Waals surface area (Å²) in [5, 5.41) is 0. The number of ether oxygens (including phenoxy) is 1. The average molecular weight is 327 g/mol. The Bertz CT molecular complexity index is 493. The molecular formula is C17H27ClN2O2. The molecule has 0 fully saturated rings. The van der Waals surface area contributed by atoms with Crippen LogP contribution in [0.3, 0.4) is 0 Å². The van der Waals surface area contributed by atoms with Gasteiger partial charge in [-0.3, -0.25) is 4.79 Å². The van der Waals surface area contributed by atoms with Crippen molar-refractivity contribution in [2.75, 3.05) is 20.2 Å². The third kappa shape index (κ3) is 4.37. The predicted octanol–water partition coefficient (Wildman–Crippen LogP) is 2.81. The van der Waals surface area contributed by atoms with E-state index in [1.54, 1.807) is 0 Å². The van der Waals surface area contributed by atoms with Gasteiger partial charge in [0, 0.05) is 25.2 Å². The first kappa shape index (κ1) is 18.8. The predicted molar refractivity (Wildman–Crippen MR) is 91.6 cm³/mol. The molecule has 1 heterocycles. The molecule has 2 N–H and O–H groups in total. The molecule has 2 atom stereocenters. The maximum absolute atomic E-state index is 12.7. The highest BCUT2D eigenvalue weighted by molar-refractivity contribution is 5.85. The minimum absolute atomic E-state index is 0. The normalized spacial score (nSPS) is 18.0. The number of fused-ring (bicyclic) bond motifs is 1. The first-order chi connectivity index (χ1) is 10.0. The quantitative estimate of drug-likeness (QED) is 0.905. The molecule has 1 aliphatic rings. The van der Waals surface area contributed by atoms with Gasteiger partial charge in [0.2, 0.25) is 5.91 Å². The summed E-state index contributed by atoms with van der Waals surface area (Å²) in [4.78, 5) is 14.5. The number of para-hydroxylation sites is 1. The van der Waals surface area contributed by atoms with E-state index in [9.17, 15) is 4.79 Å². The second-order valence-electron chi connectivity index (χ2n) is 6.18. The van der Waals surface area contributed by atoms with E-state index in [4.69, 9.17) is 10.5 Å². The fraction of sp³-hybridized carbons (Fsp3) is 0.588. The summed E-state index contributed by atoms with van der Waals surface area (Å²) in [5.41, 5.74) is 7.07. The summed E-state index contributed by atoms with van der Waals surface area (Å²) in [5.74, 6) is 1.36. The first-order valence-corrected chi connectivity index (χ1v) is 7.73. The summed E-state index contributed by atoms with van der Waals surface area (Å²) in [6.07, 6.45) is 1.58. The lowest BCUT2D eigenvalue weighted by molar-refractivity contribution is -0.132. The summed E-state index contributed by atoms with van der Waals surface area (Å²) >= 11 is 0. The van der Waals surface area contributed by atoms with Crippen molar-refractivity contribution in [3.05, 3.63) is 29.8 Å². The Kier molecular flexibility index (Phi) is 7.17. The lowest BCUT2D eigenvalue weighted by Gasteiger charge is -2.29. The van der Waals surface area contributed by atoms with Crippen molar-refractivity contribution in [3.8, 4) is 5.75 Å². The van der Waals surface area contributed by atoms with Gasteiger partial charge in [-0.15, -0.1) is 12.4 Å². The molecule has 0 spiro atoms. The Morgan fingerprint density at radius 2 is 2.09 bits per heavy atom. The van der Waals surface area contributed by atoms with Crippen molar-refractivity contribution < 1.29 is 9.53 Å². The van der Waals surface area contributed by atoms with Crippen molar-refractivity contribution in [2.24, 2.45) is 11.7 Å². The third-order valence-corrected chi connectivity index (χ3v) is 4.29. The molecule has 0 saturated carbocycles. The Morgan fingerprint density at radius 1 is 1.41 bits per heavy atom. The fourth-order valence-electron chi connectivity index (χ4n) is 2.65. The van der Waals surface area contributed by atoms with Crippen LogP contribution in [0.5, 0.6) is 5.75 Å². The van der Waals surface area contributed by atoms with Gasteiger partial charge in [-0.05, 0) is 24.8 Å². The molecule has 1 aromatic rings. The van der Waals surface area contributed by atoms with Crippen LogP contribution >= 0.6 is 12.4 Å². The number of carbonyl (C=O) groups is 1. The highest BCUT2D eigenvalue weighted by Gasteiger charge is 2.29. The van der Waals surface area contributed by atoms with E-state index in [0.717, 1.165) is 24.2 Å². The number of hydrogen-bond acceptors (Lipinski definition) is 3. The van der Waals surface area contributed by atoms with E-state index in [2.05, 4.69) is 13.8 Å².